The third kappa shape index (κ3) is 3.05. The first-order valence-electron chi connectivity index (χ1n) is 7.05. The summed E-state index contributed by atoms with van der Waals surface area (Å²) >= 11 is 3.51. The molecule has 0 fully saturated rings. The van der Waals surface area contributed by atoms with E-state index in [1.165, 1.54) is 16.7 Å². The molecule has 3 rings (SSSR count). The van der Waals surface area contributed by atoms with Crippen LogP contribution >= 0.6 is 15.9 Å². The smallest absolute Gasteiger partial charge is 0.0458 e. The largest absolute Gasteiger partial charge is 0.398 e. The number of hydrogen-bond donors (Lipinski definition) is 1. The van der Waals surface area contributed by atoms with Crippen LogP contribution in [0.2, 0.25) is 0 Å². The fraction of sp³-hybridized carbons (Fsp3) is 0.294. The van der Waals surface area contributed by atoms with Gasteiger partial charge in [0.05, 0.1) is 0 Å². The van der Waals surface area contributed by atoms with Crippen molar-refractivity contribution in [3.63, 3.8) is 0 Å². The Balaban J connectivity index is 1.69. The Kier molecular flexibility index (Phi) is 4.08. The summed E-state index contributed by atoms with van der Waals surface area (Å²) in [5, 5.41) is 0. The number of hydrogen-bond acceptors (Lipinski definition) is 2. The number of anilines is 1. The molecule has 0 radical (unpaired) electrons. The Labute approximate surface area is 128 Å². The average molecular weight is 331 g/mol. The number of halogens is 1. The van der Waals surface area contributed by atoms with Gasteiger partial charge in [0.15, 0.2) is 0 Å². The molecule has 2 N–H and O–H groups in total. The number of nitrogens with two attached hydrogens (primary N) is 1. The number of fused-ring (bicyclic) bond motifs is 1. The SMILES string of the molecule is Nc1ccc(CN2CCc3ccccc3CC2)cc1Br. The van der Waals surface area contributed by atoms with Gasteiger partial charge in [-0.3, -0.25) is 4.90 Å². The Morgan fingerprint density at radius 1 is 1.00 bits per heavy atom. The lowest BCUT2D eigenvalue weighted by atomic mass is 10.0. The van der Waals surface area contributed by atoms with Gasteiger partial charge >= 0.3 is 0 Å². The predicted molar refractivity (Wildman–Crippen MR) is 87.7 cm³/mol. The molecule has 2 aromatic rings. The normalized spacial score (nSPS) is 15.7. The minimum Gasteiger partial charge on any atom is -0.398 e. The third-order valence-electron chi connectivity index (χ3n) is 3.98. The van der Waals surface area contributed by atoms with Gasteiger partial charge in [-0.15, -0.1) is 0 Å². The van der Waals surface area contributed by atoms with Crippen molar-refractivity contribution < 1.29 is 0 Å². The average Bonchev–Trinajstić information content (AvgIpc) is 2.66. The maximum absolute atomic E-state index is 5.84. The summed E-state index contributed by atoms with van der Waals surface area (Å²) in [7, 11) is 0. The predicted octanol–water partition coefficient (Wildman–Crippen LogP) is 3.63. The molecule has 0 unspecified atom stereocenters. The molecule has 0 bridgehead atoms. The lowest BCUT2D eigenvalue weighted by Gasteiger charge is -2.20. The fourth-order valence-corrected chi connectivity index (χ4v) is 3.23. The highest BCUT2D eigenvalue weighted by Crippen LogP contribution is 2.22. The van der Waals surface area contributed by atoms with E-state index in [-0.39, 0.29) is 0 Å². The van der Waals surface area contributed by atoms with E-state index in [4.69, 9.17) is 5.73 Å². The van der Waals surface area contributed by atoms with Crippen LogP contribution in [0.1, 0.15) is 16.7 Å². The highest BCUT2D eigenvalue weighted by atomic mass is 79.9. The van der Waals surface area contributed by atoms with E-state index in [1.807, 2.05) is 6.07 Å². The monoisotopic (exact) mass is 330 g/mol. The molecule has 0 spiro atoms. The van der Waals surface area contributed by atoms with Crippen molar-refractivity contribution in [2.45, 2.75) is 19.4 Å². The summed E-state index contributed by atoms with van der Waals surface area (Å²) in [4.78, 5) is 2.53. The van der Waals surface area contributed by atoms with Crippen LogP contribution in [0.15, 0.2) is 46.9 Å². The zero-order valence-electron chi connectivity index (χ0n) is 11.5. The summed E-state index contributed by atoms with van der Waals surface area (Å²) < 4.78 is 0.994. The molecule has 1 aliphatic rings. The Bertz CT molecular complexity index is 583. The molecule has 0 saturated heterocycles. The molecule has 0 aliphatic carbocycles. The maximum atomic E-state index is 5.84. The zero-order valence-corrected chi connectivity index (χ0v) is 13.1. The van der Waals surface area contributed by atoms with E-state index in [0.29, 0.717) is 0 Å². The molecule has 20 heavy (non-hydrogen) atoms. The molecule has 0 amide bonds. The van der Waals surface area contributed by atoms with Gasteiger partial charge in [-0.2, -0.15) is 0 Å². The van der Waals surface area contributed by atoms with Gasteiger partial charge in [-0.1, -0.05) is 30.3 Å². The molecule has 104 valence electrons. The molecule has 0 aromatic heterocycles. The number of rotatable bonds is 2. The van der Waals surface area contributed by atoms with Crippen molar-refractivity contribution in [2.24, 2.45) is 0 Å². The highest BCUT2D eigenvalue weighted by Gasteiger charge is 2.13. The Morgan fingerprint density at radius 2 is 1.65 bits per heavy atom. The van der Waals surface area contributed by atoms with Crippen LogP contribution in [0.4, 0.5) is 5.69 Å². The highest BCUT2D eigenvalue weighted by molar-refractivity contribution is 9.10. The molecule has 2 aromatic carbocycles. The molecular formula is C17H19BrN2. The van der Waals surface area contributed by atoms with Crippen LogP contribution < -0.4 is 5.73 Å². The first kappa shape index (κ1) is 13.7. The van der Waals surface area contributed by atoms with Crippen molar-refractivity contribution in [2.75, 3.05) is 18.8 Å². The van der Waals surface area contributed by atoms with Gasteiger partial charge in [-0.25, -0.2) is 0 Å². The molecule has 3 heteroatoms. The molecule has 0 atom stereocenters. The lowest BCUT2D eigenvalue weighted by Crippen LogP contribution is -2.25. The van der Waals surface area contributed by atoms with E-state index >= 15 is 0 Å². The van der Waals surface area contributed by atoms with Crippen LogP contribution in [-0.2, 0) is 19.4 Å². The standard InChI is InChI=1S/C17H19BrN2/c18-16-11-13(5-6-17(16)19)12-20-9-7-14-3-1-2-4-15(14)8-10-20/h1-6,11H,7-10,12,19H2. The number of benzene rings is 2. The Hall–Kier alpha value is -1.32. The van der Waals surface area contributed by atoms with E-state index in [9.17, 15) is 0 Å². The van der Waals surface area contributed by atoms with Crippen LogP contribution in [0.3, 0.4) is 0 Å². The first-order valence-corrected chi connectivity index (χ1v) is 7.85. The molecule has 1 aliphatic heterocycles. The van der Waals surface area contributed by atoms with Crippen LogP contribution in [-0.4, -0.2) is 18.0 Å². The summed E-state index contributed by atoms with van der Waals surface area (Å²) in [6, 6.07) is 15.0. The fourth-order valence-electron chi connectivity index (χ4n) is 2.80. The summed E-state index contributed by atoms with van der Waals surface area (Å²) in [5.74, 6) is 0. The van der Waals surface area contributed by atoms with Crippen molar-refractivity contribution in [3.8, 4) is 0 Å². The van der Waals surface area contributed by atoms with Crippen molar-refractivity contribution >= 4 is 21.6 Å². The maximum Gasteiger partial charge on any atom is 0.0458 e. The van der Waals surface area contributed by atoms with Crippen molar-refractivity contribution in [1.82, 2.24) is 4.90 Å². The minimum absolute atomic E-state index is 0.803. The van der Waals surface area contributed by atoms with Gasteiger partial charge in [-0.05, 0) is 57.6 Å². The molecule has 0 saturated carbocycles. The topological polar surface area (TPSA) is 29.3 Å². The van der Waals surface area contributed by atoms with Gasteiger partial charge in [0.1, 0.15) is 0 Å². The molecule has 1 heterocycles. The summed E-state index contributed by atoms with van der Waals surface area (Å²) in [6.07, 6.45) is 2.29. The second kappa shape index (κ2) is 5.98. The second-order valence-corrected chi connectivity index (χ2v) is 6.26. The molecular weight excluding hydrogens is 312 g/mol. The Morgan fingerprint density at radius 3 is 2.25 bits per heavy atom. The van der Waals surface area contributed by atoms with Crippen LogP contribution in [0.5, 0.6) is 0 Å². The lowest BCUT2D eigenvalue weighted by molar-refractivity contribution is 0.279. The number of nitrogen functional groups attached to an aromatic ring is 1. The van der Waals surface area contributed by atoms with Gasteiger partial charge in [0.25, 0.3) is 0 Å². The van der Waals surface area contributed by atoms with Gasteiger partial charge < -0.3 is 5.73 Å². The van der Waals surface area contributed by atoms with E-state index < -0.39 is 0 Å². The zero-order chi connectivity index (χ0) is 13.9. The second-order valence-electron chi connectivity index (χ2n) is 5.40. The van der Waals surface area contributed by atoms with Crippen LogP contribution in [0.25, 0.3) is 0 Å². The summed E-state index contributed by atoms with van der Waals surface area (Å²) in [5.41, 5.74) is 11.0. The van der Waals surface area contributed by atoms with Gasteiger partial charge in [0, 0.05) is 29.8 Å². The number of nitrogens with zero attached hydrogens (tertiary/aromatic N) is 1. The minimum atomic E-state index is 0.803. The summed E-state index contributed by atoms with van der Waals surface area (Å²) in [6.45, 7) is 3.24. The van der Waals surface area contributed by atoms with Crippen molar-refractivity contribution in [1.29, 1.82) is 0 Å². The van der Waals surface area contributed by atoms with Crippen LogP contribution in [0, 0.1) is 0 Å². The molecule has 2 nitrogen and oxygen atoms in total. The van der Waals surface area contributed by atoms with Crippen molar-refractivity contribution in [3.05, 3.63) is 63.6 Å². The van der Waals surface area contributed by atoms with Gasteiger partial charge in [0.2, 0.25) is 0 Å². The third-order valence-corrected chi connectivity index (χ3v) is 4.67. The van der Waals surface area contributed by atoms with E-state index in [2.05, 4.69) is 57.2 Å². The first-order chi connectivity index (χ1) is 9.72. The van der Waals surface area contributed by atoms with E-state index in [0.717, 1.165) is 42.6 Å². The van der Waals surface area contributed by atoms with E-state index in [1.54, 1.807) is 0 Å². The quantitative estimate of drug-likeness (QED) is 0.852.